The van der Waals surface area contributed by atoms with Crippen LogP contribution in [-0.2, 0) is 10.2 Å². The van der Waals surface area contributed by atoms with E-state index >= 15 is 0 Å². The van der Waals surface area contributed by atoms with E-state index in [2.05, 4.69) is 11.2 Å². The van der Waals surface area contributed by atoms with Gasteiger partial charge in [-0.25, -0.2) is 0 Å². The van der Waals surface area contributed by atoms with E-state index in [9.17, 15) is 4.79 Å². The van der Waals surface area contributed by atoms with Gasteiger partial charge in [-0.1, -0.05) is 18.1 Å². The molecule has 1 aromatic carbocycles. The van der Waals surface area contributed by atoms with Crippen molar-refractivity contribution in [2.45, 2.75) is 25.2 Å². The van der Waals surface area contributed by atoms with Crippen LogP contribution in [-0.4, -0.2) is 5.91 Å². The van der Waals surface area contributed by atoms with Crippen molar-refractivity contribution < 1.29 is 4.79 Å². The van der Waals surface area contributed by atoms with Gasteiger partial charge >= 0.3 is 0 Å². The zero-order valence-corrected chi connectivity index (χ0v) is 8.71. The summed E-state index contributed by atoms with van der Waals surface area (Å²) < 4.78 is 0. The second kappa shape index (κ2) is 3.43. The van der Waals surface area contributed by atoms with Crippen LogP contribution in [0.15, 0.2) is 24.3 Å². The summed E-state index contributed by atoms with van der Waals surface area (Å²) in [6.45, 7) is 1.50. The van der Waals surface area contributed by atoms with E-state index in [4.69, 9.17) is 6.42 Å². The molecule has 2 nitrogen and oxygen atoms in total. The van der Waals surface area contributed by atoms with E-state index in [0.717, 1.165) is 24.1 Å². The molecule has 1 aliphatic rings. The Morgan fingerprint density at radius 2 is 2.27 bits per heavy atom. The fraction of sp³-hybridized carbons (Fsp3) is 0.308. The first-order chi connectivity index (χ1) is 7.16. The highest BCUT2D eigenvalue weighted by molar-refractivity contribution is 5.88. The van der Waals surface area contributed by atoms with Crippen molar-refractivity contribution in [1.29, 1.82) is 0 Å². The molecule has 1 fully saturated rings. The van der Waals surface area contributed by atoms with Gasteiger partial charge in [-0.2, -0.15) is 0 Å². The summed E-state index contributed by atoms with van der Waals surface area (Å²) in [6.07, 6.45) is 7.61. The van der Waals surface area contributed by atoms with Crippen LogP contribution >= 0.6 is 0 Å². The zero-order chi connectivity index (χ0) is 10.9. The molecule has 2 heteroatoms. The van der Waals surface area contributed by atoms with E-state index in [1.807, 2.05) is 24.3 Å². The number of amides is 1. The number of hydrogen-bond acceptors (Lipinski definition) is 1. The van der Waals surface area contributed by atoms with Gasteiger partial charge in [-0.05, 0) is 30.5 Å². The number of terminal acetylenes is 1. The molecular formula is C13H13NO. The third-order valence-electron chi connectivity index (χ3n) is 2.76. The maximum absolute atomic E-state index is 10.9. The Bertz CT molecular complexity index is 438. The number of benzene rings is 1. The van der Waals surface area contributed by atoms with Gasteiger partial charge in [0, 0.05) is 12.6 Å². The van der Waals surface area contributed by atoms with Gasteiger partial charge in [-0.3, -0.25) is 4.79 Å². The highest BCUT2D eigenvalue weighted by Gasteiger charge is 2.42. The fourth-order valence-corrected chi connectivity index (χ4v) is 1.74. The number of hydrogen-bond donors (Lipinski definition) is 1. The normalized spacial score (nSPS) is 16.5. The molecule has 0 aromatic heterocycles. The summed E-state index contributed by atoms with van der Waals surface area (Å²) >= 11 is 0. The van der Waals surface area contributed by atoms with Crippen molar-refractivity contribution in [3.63, 3.8) is 0 Å². The lowest BCUT2D eigenvalue weighted by Gasteiger charge is -2.10. The molecular weight excluding hydrogens is 186 g/mol. The van der Waals surface area contributed by atoms with Gasteiger partial charge in [0.1, 0.15) is 0 Å². The summed E-state index contributed by atoms with van der Waals surface area (Å²) in [6, 6.07) is 7.79. The number of nitrogens with one attached hydrogen (secondary N) is 1. The molecule has 1 aliphatic carbocycles. The fourth-order valence-electron chi connectivity index (χ4n) is 1.74. The van der Waals surface area contributed by atoms with Crippen LogP contribution in [0.4, 0.5) is 5.69 Å². The number of carbonyl (C=O) groups is 1. The smallest absolute Gasteiger partial charge is 0.221 e. The lowest BCUT2D eigenvalue weighted by molar-refractivity contribution is -0.114. The lowest BCUT2D eigenvalue weighted by Crippen LogP contribution is -2.08. The van der Waals surface area contributed by atoms with Gasteiger partial charge in [0.15, 0.2) is 0 Å². The minimum absolute atomic E-state index is 0.0577. The second-order valence-corrected chi connectivity index (χ2v) is 3.99. The summed E-state index contributed by atoms with van der Waals surface area (Å²) in [5.41, 5.74) is 1.90. The molecule has 0 radical (unpaired) electrons. The Morgan fingerprint density at radius 3 is 2.80 bits per heavy atom. The lowest BCUT2D eigenvalue weighted by atomic mass is 9.96. The molecule has 76 valence electrons. The predicted octanol–water partition coefficient (Wildman–Crippen LogP) is 2.31. The second-order valence-electron chi connectivity index (χ2n) is 3.99. The maximum Gasteiger partial charge on any atom is 0.221 e. The molecule has 1 amide bonds. The Kier molecular flexibility index (Phi) is 2.24. The van der Waals surface area contributed by atoms with Crippen LogP contribution in [0.1, 0.15) is 25.3 Å². The number of rotatable bonds is 2. The van der Waals surface area contributed by atoms with Gasteiger partial charge in [0.05, 0.1) is 5.41 Å². The Hall–Kier alpha value is -1.75. The van der Waals surface area contributed by atoms with Crippen molar-refractivity contribution in [2.75, 3.05) is 5.32 Å². The highest BCUT2D eigenvalue weighted by atomic mass is 16.1. The Balaban J connectivity index is 2.28. The van der Waals surface area contributed by atoms with Crippen LogP contribution < -0.4 is 5.32 Å². The Labute approximate surface area is 89.7 Å². The average Bonchev–Trinajstić information content (AvgIpc) is 2.97. The largest absolute Gasteiger partial charge is 0.326 e. The first-order valence-electron chi connectivity index (χ1n) is 5.02. The van der Waals surface area contributed by atoms with Crippen LogP contribution in [0.5, 0.6) is 0 Å². The van der Waals surface area contributed by atoms with Crippen molar-refractivity contribution in [2.24, 2.45) is 0 Å². The summed E-state index contributed by atoms with van der Waals surface area (Å²) in [4.78, 5) is 10.9. The summed E-state index contributed by atoms with van der Waals surface area (Å²) in [5, 5.41) is 2.76. The van der Waals surface area contributed by atoms with E-state index in [0.29, 0.717) is 0 Å². The van der Waals surface area contributed by atoms with Crippen LogP contribution in [0, 0.1) is 12.3 Å². The molecule has 0 spiro atoms. The quantitative estimate of drug-likeness (QED) is 0.727. The van der Waals surface area contributed by atoms with Gasteiger partial charge < -0.3 is 5.32 Å². The third-order valence-corrected chi connectivity index (χ3v) is 2.76. The molecule has 0 atom stereocenters. The van der Waals surface area contributed by atoms with Crippen molar-refractivity contribution in [3.05, 3.63) is 29.8 Å². The van der Waals surface area contributed by atoms with E-state index in [-0.39, 0.29) is 11.3 Å². The molecule has 15 heavy (non-hydrogen) atoms. The molecule has 1 saturated carbocycles. The highest BCUT2D eigenvalue weighted by Crippen LogP contribution is 2.47. The predicted molar refractivity (Wildman–Crippen MR) is 60.5 cm³/mol. The average molecular weight is 199 g/mol. The van der Waals surface area contributed by atoms with Gasteiger partial charge in [-0.15, -0.1) is 6.42 Å². The summed E-state index contributed by atoms with van der Waals surface area (Å²) in [7, 11) is 0. The molecule has 0 heterocycles. The molecule has 0 unspecified atom stereocenters. The monoisotopic (exact) mass is 199 g/mol. The van der Waals surface area contributed by atoms with E-state index < -0.39 is 0 Å². The van der Waals surface area contributed by atoms with Crippen LogP contribution in [0.3, 0.4) is 0 Å². The minimum atomic E-state index is -0.0610. The van der Waals surface area contributed by atoms with Gasteiger partial charge in [0.2, 0.25) is 5.91 Å². The topological polar surface area (TPSA) is 29.1 Å². The Morgan fingerprint density at radius 1 is 1.53 bits per heavy atom. The maximum atomic E-state index is 10.9. The van der Waals surface area contributed by atoms with Gasteiger partial charge in [0.25, 0.3) is 0 Å². The van der Waals surface area contributed by atoms with Crippen LogP contribution in [0.2, 0.25) is 0 Å². The van der Waals surface area contributed by atoms with Crippen molar-refractivity contribution >= 4 is 11.6 Å². The molecule has 1 N–H and O–H groups in total. The molecule has 1 aromatic rings. The first-order valence-corrected chi connectivity index (χ1v) is 5.02. The van der Waals surface area contributed by atoms with E-state index in [1.54, 1.807) is 0 Å². The third kappa shape index (κ3) is 1.87. The molecule has 0 aliphatic heterocycles. The zero-order valence-electron chi connectivity index (χ0n) is 8.71. The molecule has 0 saturated heterocycles. The summed E-state index contributed by atoms with van der Waals surface area (Å²) in [5.74, 6) is 2.78. The SMILES string of the molecule is C#CC1(c2cccc(NC(C)=O)c2)CC1. The van der Waals surface area contributed by atoms with E-state index in [1.165, 1.54) is 6.92 Å². The van der Waals surface area contributed by atoms with Crippen LogP contribution in [0.25, 0.3) is 0 Å². The number of carbonyl (C=O) groups excluding carboxylic acids is 1. The number of anilines is 1. The van der Waals surface area contributed by atoms with Crippen molar-refractivity contribution in [3.8, 4) is 12.3 Å². The standard InChI is InChI=1S/C13H13NO/c1-3-13(7-8-13)11-5-4-6-12(9-11)14-10(2)15/h1,4-6,9H,7-8H2,2H3,(H,14,15). The minimum Gasteiger partial charge on any atom is -0.326 e. The molecule has 2 rings (SSSR count). The molecule has 0 bridgehead atoms. The first kappa shape index (κ1) is 9.79. The van der Waals surface area contributed by atoms with Crippen molar-refractivity contribution in [1.82, 2.24) is 0 Å².